The van der Waals surface area contributed by atoms with Crippen LogP contribution >= 0.6 is 11.6 Å². The molecule has 0 bridgehead atoms. The Hall–Kier alpha value is -1.11. The van der Waals surface area contributed by atoms with E-state index in [0.717, 1.165) is 25.7 Å². The van der Waals surface area contributed by atoms with E-state index in [0.29, 0.717) is 11.1 Å². The minimum atomic E-state index is -3.63. The van der Waals surface area contributed by atoms with E-state index in [1.807, 2.05) is 7.05 Å². The zero-order chi connectivity index (χ0) is 16.9. The quantitative estimate of drug-likeness (QED) is 0.850. The van der Waals surface area contributed by atoms with Gasteiger partial charge in [-0.05, 0) is 31.0 Å². The summed E-state index contributed by atoms with van der Waals surface area (Å²) >= 11 is 5.81. The molecule has 0 atom stereocenters. The standard InChI is InChI=1S/C16H23ClN2O3S/c1-19(14-7-3-2-4-8-14)16(20)10-11-18-23(21,22)15-9-5-6-13(17)12-15/h5-6,9,12,14,18H,2-4,7-8,10-11H2,1H3. The molecule has 1 amide bonds. The van der Waals surface area contributed by atoms with Crippen LogP contribution in [0.4, 0.5) is 0 Å². The van der Waals surface area contributed by atoms with Gasteiger partial charge in [0, 0.05) is 31.1 Å². The summed E-state index contributed by atoms with van der Waals surface area (Å²) in [5.41, 5.74) is 0. The van der Waals surface area contributed by atoms with Gasteiger partial charge in [-0.2, -0.15) is 0 Å². The van der Waals surface area contributed by atoms with Crippen LogP contribution in [-0.4, -0.2) is 38.9 Å². The third-order valence-corrected chi connectivity index (χ3v) is 5.95. The second kappa shape index (κ2) is 8.13. The fraction of sp³-hybridized carbons (Fsp3) is 0.562. The molecule has 5 nitrogen and oxygen atoms in total. The minimum absolute atomic E-state index is 0.0225. The lowest BCUT2D eigenvalue weighted by molar-refractivity contribution is -0.132. The van der Waals surface area contributed by atoms with E-state index in [1.54, 1.807) is 17.0 Å². The SMILES string of the molecule is CN(C(=O)CCNS(=O)(=O)c1cccc(Cl)c1)C1CCCCC1. The number of nitrogens with one attached hydrogen (secondary N) is 1. The van der Waals surface area contributed by atoms with E-state index in [-0.39, 0.29) is 23.8 Å². The molecule has 1 aliphatic carbocycles. The van der Waals surface area contributed by atoms with Crippen LogP contribution in [0.2, 0.25) is 5.02 Å². The number of rotatable bonds is 6. The molecule has 0 heterocycles. The minimum Gasteiger partial charge on any atom is -0.343 e. The maximum absolute atomic E-state index is 12.2. The molecule has 0 unspecified atom stereocenters. The molecule has 1 aromatic carbocycles. The molecule has 1 fully saturated rings. The first-order chi connectivity index (χ1) is 10.9. The number of benzene rings is 1. The second-order valence-corrected chi connectivity index (χ2v) is 8.11. The summed E-state index contributed by atoms with van der Waals surface area (Å²) in [6.45, 7) is 0.0880. The normalized spacial score (nSPS) is 16.3. The Bertz CT molecular complexity index is 642. The molecule has 128 valence electrons. The van der Waals surface area contributed by atoms with Gasteiger partial charge in [0.25, 0.3) is 0 Å². The fourth-order valence-electron chi connectivity index (χ4n) is 2.86. The monoisotopic (exact) mass is 358 g/mol. The molecule has 23 heavy (non-hydrogen) atoms. The van der Waals surface area contributed by atoms with Crippen molar-refractivity contribution in [3.8, 4) is 0 Å². The zero-order valence-electron chi connectivity index (χ0n) is 13.3. The first kappa shape index (κ1) is 18.2. The van der Waals surface area contributed by atoms with Crippen LogP contribution in [0.5, 0.6) is 0 Å². The molecule has 7 heteroatoms. The molecular weight excluding hydrogens is 336 g/mol. The van der Waals surface area contributed by atoms with Crippen LogP contribution < -0.4 is 4.72 Å². The molecule has 1 aromatic rings. The predicted molar refractivity (Wildman–Crippen MR) is 90.9 cm³/mol. The van der Waals surface area contributed by atoms with Gasteiger partial charge in [0.05, 0.1) is 4.90 Å². The van der Waals surface area contributed by atoms with Gasteiger partial charge in [-0.3, -0.25) is 4.79 Å². The lowest BCUT2D eigenvalue weighted by Gasteiger charge is -2.31. The van der Waals surface area contributed by atoms with Crippen LogP contribution in [0, 0.1) is 0 Å². The topological polar surface area (TPSA) is 66.5 Å². The third kappa shape index (κ3) is 5.19. The van der Waals surface area contributed by atoms with Crippen molar-refractivity contribution in [2.75, 3.05) is 13.6 Å². The number of nitrogens with zero attached hydrogens (tertiary/aromatic N) is 1. The summed E-state index contributed by atoms with van der Waals surface area (Å²) in [4.78, 5) is 14.1. The van der Waals surface area contributed by atoms with Crippen LogP contribution in [-0.2, 0) is 14.8 Å². The molecule has 1 aliphatic rings. The molecule has 2 rings (SSSR count). The number of hydrogen-bond donors (Lipinski definition) is 1. The van der Waals surface area contributed by atoms with Crippen molar-refractivity contribution in [1.82, 2.24) is 9.62 Å². The number of halogens is 1. The van der Waals surface area contributed by atoms with Gasteiger partial charge >= 0.3 is 0 Å². The van der Waals surface area contributed by atoms with Gasteiger partial charge in [-0.15, -0.1) is 0 Å². The maximum Gasteiger partial charge on any atom is 0.240 e. The van der Waals surface area contributed by atoms with E-state index in [1.165, 1.54) is 18.6 Å². The highest BCUT2D eigenvalue weighted by atomic mass is 35.5. The number of carbonyl (C=O) groups is 1. The van der Waals surface area contributed by atoms with E-state index in [2.05, 4.69) is 4.72 Å². The number of carbonyl (C=O) groups excluding carboxylic acids is 1. The lowest BCUT2D eigenvalue weighted by atomic mass is 9.94. The molecule has 1 saturated carbocycles. The molecule has 1 N–H and O–H groups in total. The molecule has 0 aromatic heterocycles. The summed E-state index contributed by atoms with van der Waals surface area (Å²) in [6.07, 6.45) is 5.78. The van der Waals surface area contributed by atoms with Crippen molar-refractivity contribution in [3.63, 3.8) is 0 Å². The van der Waals surface area contributed by atoms with Crippen LogP contribution in [0.1, 0.15) is 38.5 Å². The van der Waals surface area contributed by atoms with Gasteiger partial charge in [0.2, 0.25) is 15.9 Å². The highest BCUT2D eigenvalue weighted by Gasteiger charge is 2.22. The number of sulfonamides is 1. The van der Waals surface area contributed by atoms with Crippen molar-refractivity contribution < 1.29 is 13.2 Å². The van der Waals surface area contributed by atoms with Gasteiger partial charge in [0.15, 0.2) is 0 Å². The van der Waals surface area contributed by atoms with Gasteiger partial charge in [-0.25, -0.2) is 13.1 Å². The van der Waals surface area contributed by atoms with E-state index >= 15 is 0 Å². The zero-order valence-corrected chi connectivity index (χ0v) is 14.9. The number of hydrogen-bond acceptors (Lipinski definition) is 3. The fourth-order valence-corrected chi connectivity index (χ4v) is 4.19. The highest BCUT2D eigenvalue weighted by Crippen LogP contribution is 2.22. The highest BCUT2D eigenvalue weighted by molar-refractivity contribution is 7.89. The van der Waals surface area contributed by atoms with E-state index < -0.39 is 10.0 Å². The first-order valence-corrected chi connectivity index (χ1v) is 9.77. The summed E-state index contributed by atoms with van der Waals surface area (Å²) in [6, 6.07) is 6.35. The van der Waals surface area contributed by atoms with Crippen molar-refractivity contribution in [2.24, 2.45) is 0 Å². The van der Waals surface area contributed by atoms with E-state index in [9.17, 15) is 13.2 Å². The molecule has 0 radical (unpaired) electrons. The van der Waals surface area contributed by atoms with Gasteiger partial charge in [0.1, 0.15) is 0 Å². The Morgan fingerprint density at radius 2 is 2.00 bits per heavy atom. The summed E-state index contributed by atoms with van der Waals surface area (Å²) in [5, 5.41) is 0.362. The van der Waals surface area contributed by atoms with Gasteiger partial charge in [-0.1, -0.05) is 36.9 Å². The largest absolute Gasteiger partial charge is 0.343 e. The van der Waals surface area contributed by atoms with E-state index in [4.69, 9.17) is 11.6 Å². The molecule has 0 spiro atoms. The van der Waals surface area contributed by atoms with Gasteiger partial charge < -0.3 is 4.90 Å². The Morgan fingerprint density at radius 1 is 1.30 bits per heavy atom. The van der Waals surface area contributed by atoms with Crippen molar-refractivity contribution in [2.45, 2.75) is 49.5 Å². The average Bonchev–Trinajstić information content (AvgIpc) is 2.54. The maximum atomic E-state index is 12.2. The summed E-state index contributed by atoms with van der Waals surface area (Å²) in [5.74, 6) is -0.0225. The Morgan fingerprint density at radius 3 is 2.65 bits per heavy atom. The number of amides is 1. The van der Waals surface area contributed by atoms with Crippen LogP contribution in [0.3, 0.4) is 0 Å². The second-order valence-electron chi connectivity index (χ2n) is 5.90. The smallest absolute Gasteiger partial charge is 0.240 e. The van der Waals surface area contributed by atoms with Crippen molar-refractivity contribution in [3.05, 3.63) is 29.3 Å². The van der Waals surface area contributed by atoms with Crippen molar-refractivity contribution in [1.29, 1.82) is 0 Å². The average molecular weight is 359 g/mol. The summed E-state index contributed by atoms with van der Waals surface area (Å²) in [7, 11) is -1.82. The van der Waals surface area contributed by atoms with Crippen LogP contribution in [0.15, 0.2) is 29.2 Å². The molecule has 0 aliphatic heterocycles. The van der Waals surface area contributed by atoms with Crippen molar-refractivity contribution >= 4 is 27.5 Å². The lowest BCUT2D eigenvalue weighted by Crippen LogP contribution is -2.39. The van der Waals surface area contributed by atoms with Crippen LogP contribution in [0.25, 0.3) is 0 Å². The Labute approximate surface area is 143 Å². The third-order valence-electron chi connectivity index (χ3n) is 4.25. The predicted octanol–water partition coefficient (Wildman–Crippen LogP) is 2.80. The summed E-state index contributed by atoms with van der Waals surface area (Å²) < 4.78 is 26.7. The molecular formula is C16H23ClN2O3S. The Kier molecular flexibility index (Phi) is 6.44. The molecule has 0 saturated heterocycles. The Balaban J connectivity index is 1.85. The first-order valence-electron chi connectivity index (χ1n) is 7.91.